The fraction of sp³-hybridized carbons (Fsp3) is 0. The molecule has 0 spiro atoms. The summed E-state index contributed by atoms with van der Waals surface area (Å²) in [6.45, 7) is 0. The first-order chi connectivity index (χ1) is 5.42. The first kappa shape index (κ1) is 5.80. The van der Waals surface area contributed by atoms with E-state index in [1.807, 2.05) is 6.07 Å². The lowest BCUT2D eigenvalue weighted by Crippen LogP contribution is -1.90. The van der Waals surface area contributed by atoms with E-state index in [4.69, 9.17) is 5.26 Å². The molecule has 0 fully saturated rings. The van der Waals surface area contributed by atoms with Crippen LogP contribution < -0.4 is 0 Å². The molecule has 0 N–H and O–H groups in total. The van der Waals surface area contributed by atoms with Gasteiger partial charge in [-0.1, -0.05) is 0 Å². The molecule has 0 aliphatic heterocycles. The molecule has 0 unspecified atom stereocenters. The Morgan fingerprint density at radius 2 is 2.27 bits per heavy atom. The van der Waals surface area contributed by atoms with E-state index in [-0.39, 0.29) is 0 Å². The zero-order valence-electron chi connectivity index (χ0n) is 5.47. The lowest BCUT2D eigenvalue weighted by atomic mass is 10.5. The quantitative estimate of drug-likeness (QED) is 0.523. The van der Waals surface area contributed by atoms with E-state index in [0.717, 1.165) is 0 Å². The Morgan fingerprint density at radius 3 is 3.09 bits per heavy atom. The Kier molecular flexibility index (Phi) is 1.07. The summed E-state index contributed by atoms with van der Waals surface area (Å²) in [6.07, 6.45) is 4.52. The van der Waals surface area contributed by atoms with E-state index >= 15 is 0 Å². The van der Waals surface area contributed by atoms with E-state index in [0.29, 0.717) is 11.3 Å². The number of hydrogen-bond donors (Lipinski definition) is 0. The highest BCUT2D eigenvalue weighted by Crippen LogP contribution is 2.00. The molecule has 5 nitrogen and oxygen atoms in total. The van der Waals surface area contributed by atoms with E-state index in [2.05, 4.69) is 15.1 Å². The summed E-state index contributed by atoms with van der Waals surface area (Å²) < 4.78 is 1.46. The lowest BCUT2D eigenvalue weighted by molar-refractivity contribution is 0.900. The Balaban J connectivity index is 2.89. The Bertz CT molecular complexity index is 424. The van der Waals surface area contributed by atoms with Gasteiger partial charge in [-0.25, -0.2) is 14.5 Å². The van der Waals surface area contributed by atoms with Crippen LogP contribution in [0.4, 0.5) is 0 Å². The van der Waals surface area contributed by atoms with Crippen LogP contribution in [0.15, 0.2) is 18.7 Å². The SMILES string of the molecule is N#Cc1ncn2nccnc12. The molecule has 0 bridgehead atoms. The average Bonchev–Trinajstić information content (AvgIpc) is 2.47. The summed E-state index contributed by atoms with van der Waals surface area (Å²) in [7, 11) is 0. The molecular weight excluding hydrogens is 142 g/mol. The predicted octanol–water partition coefficient (Wildman–Crippen LogP) is -0.00402. The fourth-order valence-corrected chi connectivity index (χ4v) is 0.823. The normalized spacial score (nSPS) is 9.73. The third-order valence-corrected chi connectivity index (χ3v) is 1.29. The average molecular weight is 145 g/mol. The van der Waals surface area contributed by atoms with E-state index in [9.17, 15) is 0 Å². The van der Waals surface area contributed by atoms with Gasteiger partial charge in [0.05, 0.1) is 6.20 Å². The minimum absolute atomic E-state index is 0.304. The van der Waals surface area contributed by atoms with Crippen molar-refractivity contribution < 1.29 is 0 Å². The molecule has 2 heterocycles. The number of fused-ring (bicyclic) bond motifs is 1. The van der Waals surface area contributed by atoms with Gasteiger partial charge in [0.2, 0.25) is 0 Å². The van der Waals surface area contributed by atoms with Crippen LogP contribution in [-0.4, -0.2) is 19.6 Å². The number of aromatic nitrogens is 4. The zero-order chi connectivity index (χ0) is 7.68. The number of imidazole rings is 1. The van der Waals surface area contributed by atoms with Crippen molar-refractivity contribution >= 4 is 5.65 Å². The van der Waals surface area contributed by atoms with Crippen LogP contribution >= 0.6 is 0 Å². The second-order valence-electron chi connectivity index (χ2n) is 1.92. The summed E-state index contributed by atoms with van der Waals surface area (Å²) in [6, 6.07) is 1.92. The van der Waals surface area contributed by atoms with Crippen molar-refractivity contribution in [1.82, 2.24) is 19.6 Å². The van der Waals surface area contributed by atoms with Crippen LogP contribution in [0.2, 0.25) is 0 Å². The zero-order valence-corrected chi connectivity index (χ0v) is 5.47. The summed E-state index contributed by atoms with van der Waals surface area (Å²) in [5, 5.41) is 12.4. The second-order valence-corrected chi connectivity index (χ2v) is 1.92. The number of nitrogens with zero attached hydrogens (tertiary/aromatic N) is 5. The molecule has 0 saturated carbocycles. The standard InChI is InChI=1S/C6H3N5/c7-3-5-6-8-1-2-10-11(6)4-9-5/h1-2,4H. The maximum absolute atomic E-state index is 8.53. The smallest absolute Gasteiger partial charge is 0.192 e. The number of rotatable bonds is 0. The molecule has 0 radical (unpaired) electrons. The maximum Gasteiger partial charge on any atom is 0.192 e. The molecule has 2 rings (SSSR count). The second kappa shape index (κ2) is 2.02. The van der Waals surface area contributed by atoms with Crippen molar-refractivity contribution in [3.63, 3.8) is 0 Å². The third-order valence-electron chi connectivity index (χ3n) is 1.29. The molecule has 52 valence electrons. The van der Waals surface area contributed by atoms with Gasteiger partial charge in [-0.05, 0) is 0 Å². The third kappa shape index (κ3) is 0.730. The van der Waals surface area contributed by atoms with Crippen molar-refractivity contribution in [2.75, 3.05) is 0 Å². The van der Waals surface area contributed by atoms with Gasteiger partial charge in [-0.15, -0.1) is 0 Å². The van der Waals surface area contributed by atoms with E-state index in [1.54, 1.807) is 0 Å². The first-order valence-electron chi connectivity index (χ1n) is 2.96. The molecule has 0 saturated heterocycles. The van der Waals surface area contributed by atoms with Crippen LogP contribution in [-0.2, 0) is 0 Å². The molecule has 0 amide bonds. The van der Waals surface area contributed by atoms with Crippen LogP contribution in [0, 0.1) is 11.3 Å². The molecule has 11 heavy (non-hydrogen) atoms. The van der Waals surface area contributed by atoms with Crippen LogP contribution in [0.5, 0.6) is 0 Å². The molecule has 0 aliphatic rings. The Labute approximate surface area is 61.9 Å². The fourth-order valence-electron chi connectivity index (χ4n) is 0.823. The minimum Gasteiger partial charge on any atom is -0.233 e. The molecule has 0 atom stereocenters. The van der Waals surface area contributed by atoms with Crippen molar-refractivity contribution in [3.8, 4) is 6.07 Å². The molecular formula is C6H3N5. The maximum atomic E-state index is 8.53. The highest BCUT2D eigenvalue weighted by atomic mass is 15.3. The summed E-state index contributed by atoms with van der Waals surface area (Å²) in [5.41, 5.74) is 0.799. The first-order valence-corrected chi connectivity index (χ1v) is 2.96. The Morgan fingerprint density at radius 1 is 1.36 bits per heavy atom. The van der Waals surface area contributed by atoms with Crippen molar-refractivity contribution in [3.05, 3.63) is 24.4 Å². The molecule has 2 aromatic rings. The Hall–Kier alpha value is -1.96. The largest absolute Gasteiger partial charge is 0.233 e. The van der Waals surface area contributed by atoms with Gasteiger partial charge in [-0.3, -0.25) is 0 Å². The molecule has 2 aromatic heterocycles. The van der Waals surface area contributed by atoms with Crippen LogP contribution in [0.3, 0.4) is 0 Å². The van der Waals surface area contributed by atoms with Gasteiger partial charge in [0, 0.05) is 6.20 Å². The lowest BCUT2D eigenvalue weighted by Gasteiger charge is -1.86. The monoisotopic (exact) mass is 145 g/mol. The highest BCUT2D eigenvalue weighted by molar-refractivity contribution is 5.49. The minimum atomic E-state index is 0.304. The predicted molar refractivity (Wildman–Crippen MR) is 35.5 cm³/mol. The number of hydrogen-bond acceptors (Lipinski definition) is 4. The van der Waals surface area contributed by atoms with Gasteiger partial charge in [0.15, 0.2) is 11.3 Å². The van der Waals surface area contributed by atoms with Crippen molar-refractivity contribution in [1.29, 1.82) is 5.26 Å². The van der Waals surface area contributed by atoms with Gasteiger partial charge >= 0.3 is 0 Å². The van der Waals surface area contributed by atoms with Crippen molar-refractivity contribution in [2.45, 2.75) is 0 Å². The van der Waals surface area contributed by atoms with Crippen LogP contribution in [0.25, 0.3) is 5.65 Å². The summed E-state index contributed by atoms with van der Waals surface area (Å²) >= 11 is 0. The summed E-state index contributed by atoms with van der Waals surface area (Å²) in [5.74, 6) is 0. The summed E-state index contributed by atoms with van der Waals surface area (Å²) in [4.78, 5) is 7.72. The van der Waals surface area contributed by atoms with Crippen LogP contribution in [0.1, 0.15) is 5.69 Å². The molecule has 0 aliphatic carbocycles. The van der Waals surface area contributed by atoms with E-state index in [1.165, 1.54) is 23.2 Å². The van der Waals surface area contributed by atoms with Gasteiger partial charge in [0.1, 0.15) is 12.4 Å². The van der Waals surface area contributed by atoms with E-state index < -0.39 is 0 Å². The number of nitriles is 1. The van der Waals surface area contributed by atoms with Crippen molar-refractivity contribution in [2.24, 2.45) is 0 Å². The van der Waals surface area contributed by atoms with Gasteiger partial charge in [0.25, 0.3) is 0 Å². The molecule has 5 heteroatoms. The topological polar surface area (TPSA) is 66.9 Å². The van der Waals surface area contributed by atoms with Gasteiger partial charge < -0.3 is 0 Å². The molecule has 0 aromatic carbocycles. The van der Waals surface area contributed by atoms with Gasteiger partial charge in [-0.2, -0.15) is 10.4 Å². The highest BCUT2D eigenvalue weighted by Gasteiger charge is 2.02.